The summed E-state index contributed by atoms with van der Waals surface area (Å²) in [6.45, 7) is 3.08. The molecular formula is C18H19BrFN3O. The standard InChI is InChI=1S/C18H19BrFN3O/c19-15-5-7-16(8-6-15)22-9-11-23(12-10-22)18(24)21-13-14-3-1-2-4-17(14)20/h1-8H,9-13H2,(H,21,24). The van der Waals surface area contributed by atoms with Crippen molar-refractivity contribution in [2.45, 2.75) is 6.54 Å². The van der Waals surface area contributed by atoms with Crippen LogP contribution in [0.2, 0.25) is 0 Å². The number of piperazine rings is 1. The first kappa shape index (κ1) is 16.8. The highest BCUT2D eigenvalue weighted by Crippen LogP contribution is 2.19. The molecule has 2 aromatic rings. The smallest absolute Gasteiger partial charge is 0.317 e. The van der Waals surface area contributed by atoms with E-state index < -0.39 is 0 Å². The van der Waals surface area contributed by atoms with Gasteiger partial charge >= 0.3 is 6.03 Å². The summed E-state index contributed by atoms with van der Waals surface area (Å²) >= 11 is 3.43. The first-order chi connectivity index (χ1) is 11.6. The van der Waals surface area contributed by atoms with Crippen molar-refractivity contribution >= 4 is 27.6 Å². The summed E-state index contributed by atoms with van der Waals surface area (Å²) < 4.78 is 14.6. The SMILES string of the molecule is O=C(NCc1ccccc1F)N1CCN(c2ccc(Br)cc2)CC1. The first-order valence-corrected chi connectivity index (χ1v) is 8.69. The summed E-state index contributed by atoms with van der Waals surface area (Å²) in [6.07, 6.45) is 0. The molecule has 4 nitrogen and oxygen atoms in total. The van der Waals surface area contributed by atoms with Crippen LogP contribution in [0.3, 0.4) is 0 Å². The number of nitrogens with one attached hydrogen (secondary N) is 1. The molecule has 0 unspecified atom stereocenters. The van der Waals surface area contributed by atoms with Crippen molar-refractivity contribution in [1.82, 2.24) is 10.2 Å². The lowest BCUT2D eigenvalue weighted by Gasteiger charge is -2.36. The fraction of sp³-hybridized carbons (Fsp3) is 0.278. The molecule has 0 atom stereocenters. The third-order valence-corrected chi connectivity index (χ3v) is 4.68. The lowest BCUT2D eigenvalue weighted by atomic mass is 10.2. The average Bonchev–Trinajstić information content (AvgIpc) is 2.62. The van der Waals surface area contributed by atoms with E-state index in [0.717, 1.165) is 23.2 Å². The van der Waals surface area contributed by atoms with Crippen LogP contribution in [0.4, 0.5) is 14.9 Å². The van der Waals surface area contributed by atoms with Crippen LogP contribution >= 0.6 is 15.9 Å². The highest BCUT2D eigenvalue weighted by molar-refractivity contribution is 9.10. The third kappa shape index (κ3) is 4.06. The zero-order valence-electron chi connectivity index (χ0n) is 13.2. The number of urea groups is 1. The molecule has 1 aliphatic rings. The predicted octanol–water partition coefficient (Wildman–Crippen LogP) is 3.62. The van der Waals surface area contributed by atoms with Gasteiger partial charge < -0.3 is 15.1 Å². The van der Waals surface area contributed by atoms with Gasteiger partial charge in [0.2, 0.25) is 0 Å². The molecule has 2 amide bonds. The molecule has 1 aliphatic heterocycles. The largest absolute Gasteiger partial charge is 0.368 e. The zero-order valence-corrected chi connectivity index (χ0v) is 14.8. The fourth-order valence-electron chi connectivity index (χ4n) is 2.74. The van der Waals surface area contributed by atoms with Crippen LogP contribution in [-0.4, -0.2) is 37.1 Å². The van der Waals surface area contributed by atoms with Crippen LogP contribution in [0.5, 0.6) is 0 Å². The van der Waals surface area contributed by atoms with Gasteiger partial charge in [0, 0.05) is 48.4 Å². The van der Waals surface area contributed by atoms with Crippen molar-refractivity contribution in [2.24, 2.45) is 0 Å². The van der Waals surface area contributed by atoms with Gasteiger partial charge in [-0.15, -0.1) is 0 Å². The molecule has 2 aromatic carbocycles. The number of nitrogens with zero attached hydrogens (tertiary/aromatic N) is 2. The van der Waals surface area contributed by atoms with Crippen LogP contribution in [0.1, 0.15) is 5.56 Å². The van der Waals surface area contributed by atoms with E-state index in [2.05, 4.69) is 38.3 Å². The van der Waals surface area contributed by atoms with E-state index in [1.54, 1.807) is 23.1 Å². The number of anilines is 1. The maximum absolute atomic E-state index is 13.6. The molecule has 24 heavy (non-hydrogen) atoms. The van der Waals surface area contributed by atoms with E-state index >= 15 is 0 Å². The van der Waals surface area contributed by atoms with E-state index in [4.69, 9.17) is 0 Å². The Kier molecular flexibility index (Phi) is 5.35. The second kappa shape index (κ2) is 7.66. The number of carbonyl (C=O) groups excluding carboxylic acids is 1. The van der Waals surface area contributed by atoms with Gasteiger partial charge in [-0.3, -0.25) is 0 Å². The Morgan fingerprint density at radius 2 is 1.71 bits per heavy atom. The lowest BCUT2D eigenvalue weighted by molar-refractivity contribution is 0.194. The highest BCUT2D eigenvalue weighted by atomic mass is 79.9. The summed E-state index contributed by atoms with van der Waals surface area (Å²) in [5.74, 6) is -0.294. The molecule has 0 spiro atoms. The van der Waals surface area contributed by atoms with E-state index in [1.165, 1.54) is 6.07 Å². The Labute approximate surface area is 149 Å². The molecule has 1 N–H and O–H groups in total. The second-order valence-electron chi connectivity index (χ2n) is 5.70. The zero-order chi connectivity index (χ0) is 16.9. The Balaban J connectivity index is 1.50. The summed E-state index contributed by atoms with van der Waals surface area (Å²) in [6, 6.07) is 14.5. The molecule has 0 bridgehead atoms. The number of benzene rings is 2. The van der Waals surface area contributed by atoms with E-state index in [0.29, 0.717) is 18.7 Å². The van der Waals surface area contributed by atoms with Crippen molar-refractivity contribution in [3.63, 3.8) is 0 Å². The van der Waals surface area contributed by atoms with Gasteiger partial charge in [0.15, 0.2) is 0 Å². The van der Waals surface area contributed by atoms with Crippen molar-refractivity contribution in [1.29, 1.82) is 0 Å². The molecule has 0 saturated carbocycles. The van der Waals surface area contributed by atoms with Crippen LogP contribution in [0.15, 0.2) is 53.0 Å². The summed E-state index contributed by atoms with van der Waals surface area (Å²) in [7, 11) is 0. The van der Waals surface area contributed by atoms with E-state index in [-0.39, 0.29) is 18.4 Å². The molecule has 126 valence electrons. The molecule has 0 aliphatic carbocycles. The number of carbonyl (C=O) groups is 1. The normalized spacial score (nSPS) is 14.6. The van der Waals surface area contributed by atoms with Crippen LogP contribution in [-0.2, 0) is 6.54 Å². The van der Waals surface area contributed by atoms with Crippen molar-refractivity contribution in [3.8, 4) is 0 Å². The minimum Gasteiger partial charge on any atom is -0.368 e. The maximum Gasteiger partial charge on any atom is 0.317 e. The molecule has 1 fully saturated rings. The van der Waals surface area contributed by atoms with Crippen molar-refractivity contribution in [3.05, 3.63) is 64.4 Å². The average molecular weight is 392 g/mol. The van der Waals surface area contributed by atoms with Gasteiger partial charge in [-0.2, -0.15) is 0 Å². The number of hydrogen-bond acceptors (Lipinski definition) is 2. The minimum atomic E-state index is -0.294. The molecule has 1 heterocycles. The monoisotopic (exact) mass is 391 g/mol. The summed E-state index contributed by atoms with van der Waals surface area (Å²) in [4.78, 5) is 16.3. The van der Waals surface area contributed by atoms with Crippen molar-refractivity contribution in [2.75, 3.05) is 31.1 Å². The van der Waals surface area contributed by atoms with Gasteiger partial charge in [0.05, 0.1) is 0 Å². The molecular weight excluding hydrogens is 373 g/mol. The second-order valence-corrected chi connectivity index (χ2v) is 6.62. The number of halogens is 2. The predicted molar refractivity (Wildman–Crippen MR) is 96.6 cm³/mol. The Morgan fingerprint density at radius 1 is 1.04 bits per heavy atom. The first-order valence-electron chi connectivity index (χ1n) is 7.90. The number of amides is 2. The van der Waals surface area contributed by atoms with Crippen molar-refractivity contribution < 1.29 is 9.18 Å². The maximum atomic E-state index is 13.6. The molecule has 3 rings (SSSR count). The highest BCUT2D eigenvalue weighted by Gasteiger charge is 2.21. The van der Waals surface area contributed by atoms with Gasteiger partial charge in [0.1, 0.15) is 5.82 Å². The van der Waals surface area contributed by atoms with E-state index in [1.807, 2.05) is 12.1 Å². The number of hydrogen-bond donors (Lipinski definition) is 1. The van der Waals surface area contributed by atoms with Gasteiger partial charge in [-0.1, -0.05) is 34.1 Å². The number of rotatable bonds is 3. The van der Waals surface area contributed by atoms with E-state index in [9.17, 15) is 9.18 Å². The van der Waals surface area contributed by atoms with Gasteiger partial charge in [-0.05, 0) is 30.3 Å². The lowest BCUT2D eigenvalue weighted by Crippen LogP contribution is -2.51. The molecule has 6 heteroatoms. The molecule has 1 saturated heterocycles. The van der Waals surface area contributed by atoms with Crippen LogP contribution < -0.4 is 10.2 Å². The van der Waals surface area contributed by atoms with Gasteiger partial charge in [-0.25, -0.2) is 9.18 Å². The minimum absolute atomic E-state index is 0.145. The fourth-order valence-corrected chi connectivity index (χ4v) is 3.01. The Hall–Kier alpha value is -2.08. The summed E-state index contributed by atoms with van der Waals surface area (Å²) in [5.41, 5.74) is 1.66. The van der Waals surface area contributed by atoms with Crippen LogP contribution in [0, 0.1) is 5.82 Å². The quantitative estimate of drug-likeness (QED) is 0.866. The molecule has 0 radical (unpaired) electrons. The topological polar surface area (TPSA) is 35.6 Å². The summed E-state index contributed by atoms with van der Waals surface area (Å²) in [5, 5.41) is 2.79. The Bertz CT molecular complexity index is 700. The van der Waals surface area contributed by atoms with Crippen LogP contribution in [0.25, 0.3) is 0 Å². The molecule has 0 aromatic heterocycles. The Morgan fingerprint density at radius 3 is 2.38 bits per heavy atom. The van der Waals surface area contributed by atoms with Gasteiger partial charge in [0.25, 0.3) is 0 Å². The third-order valence-electron chi connectivity index (χ3n) is 4.15.